The van der Waals surface area contributed by atoms with Crippen molar-refractivity contribution >= 4 is 22.3 Å². The largest absolute Gasteiger partial charge is 1.00 e. The zero-order valence-corrected chi connectivity index (χ0v) is 24.8. The highest BCUT2D eigenvalue weighted by atomic mass is 127. The Balaban J connectivity index is 0.00000204. The van der Waals surface area contributed by atoms with Gasteiger partial charge in [-0.05, 0) is 18.9 Å². The van der Waals surface area contributed by atoms with E-state index in [1.807, 2.05) is 0 Å². The first-order chi connectivity index (χ1) is 15.6. The van der Waals surface area contributed by atoms with Crippen molar-refractivity contribution in [2.24, 2.45) is 5.73 Å². The molecule has 6 heteroatoms. The average molecular weight is 684 g/mol. The van der Waals surface area contributed by atoms with E-state index in [0.29, 0.717) is 6.04 Å². The molecule has 0 spiro atoms. The first-order valence-electron chi connectivity index (χ1n) is 12.2. The lowest BCUT2D eigenvalue weighted by molar-refractivity contribution is -0.677. The molecule has 2 aliphatic rings. The number of aryl methyl sites for hydroxylation is 2. The molecule has 0 saturated heterocycles. The van der Waals surface area contributed by atoms with E-state index in [2.05, 4.69) is 77.6 Å². The Bertz CT molecular complexity index is 1110. The maximum absolute atomic E-state index is 6.26. The number of para-hydroxylation sites is 1. The van der Waals surface area contributed by atoms with Crippen LogP contribution in [0.25, 0.3) is 10.9 Å². The highest BCUT2D eigenvalue weighted by molar-refractivity contribution is 5.91. The van der Waals surface area contributed by atoms with E-state index in [1.54, 1.807) is 0 Å². The van der Waals surface area contributed by atoms with Crippen LogP contribution in [0.1, 0.15) is 57.6 Å². The molecule has 34 heavy (non-hydrogen) atoms. The van der Waals surface area contributed by atoms with Crippen LogP contribution in [0.5, 0.6) is 0 Å². The Morgan fingerprint density at radius 2 is 1.59 bits per heavy atom. The molecular formula is C28H38I2N4. The summed E-state index contributed by atoms with van der Waals surface area (Å²) in [4.78, 5) is 0. The molecule has 1 aromatic carbocycles. The fourth-order valence-corrected chi connectivity index (χ4v) is 5.25. The minimum Gasteiger partial charge on any atom is -1.00 e. The molecule has 2 aromatic rings. The molecule has 184 valence electrons. The summed E-state index contributed by atoms with van der Waals surface area (Å²) in [6.07, 6.45) is 17.4. The number of nitrogens with zero attached hydrogens (tertiary/aromatic N) is 2. The van der Waals surface area contributed by atoms with E-state index in [-0.39, 0.29) is 48.0 Å². The SMILES string of the molecule is CC1=[N+](CCCCCCCC[n+]2c(C)cc(N)c3ccccc32)C2CC=CC=C2C(N)=C1.[I-].[I-]. The third-order valence-electron chi connectivity index (χ3n) is 6.98. The summed E-state index contributed by atoms with van der Waals surface area (Å²) < 4.78 is 4.97. The number of pyridine rings is 1. The summed E-state index contributed by atoms with van der Waals surface area (Å²) in [5.41, 5.74) is 19.4. The number of aromatic nitrogens is 1. The summed E-state index contributed by atoms with van der Waals surface area (Å²) >= 11 is 0. The van der Waals surface area contributed by atoms with Crippen LogP contribution in [0.15, 0.2) is 65.9 Å². The monoisotopic (exact) mass is 684 g/mol. The van der Waals surface area contributed by atoms with Crippen LogP contribution in [0.3, 0.4) is 0 Å². The van der Waals surface area contributed by atoms with Gasteiger partial charge in [-0.1, -0.05) is 43.2 Å². The first-order valence-corrected chi connectivity index (χ1v) is 12.2. The second-order valence-corrected chi connectivity index (χ2v) is 9.27. The predicted molar refractivity (Wildman–Crippen MR) is 135 cm³/mol. The normalized spacial score (nSPS) is 16.9. The van der Waals surface area contributed by atoms with Gasteiger partial charge in [0.15, 0.2) is 17.4 Å². The number of allylic oxidation sites excluding steroid dienone is 3. The Labute approximate surface area is 238 Å². The summed E-state index contributed by atoms with van der Waals surface area (Å²) in [6.45, 7) is 6.54. The summed E-state index contributed by atoms with van der Waals surface area (Å²) in [5.74, 6) is 0. The Kier molecular flexibility index (Phi) is 11.5. The fourth-order valence-electron chi connectivity index (χ4n) is 5.25. The van der Waals surface area contributed by atoms with Gasteiger partial charge in [0.05, 0.1) is 11.1 Å². The standard InChI is InChI=1S/C28H36N4.2HI/c1-21-19-25(29)23-13-7-9-15-27(23)31(21)17-11-5-3-4-6-12-18-32-22(2)20-26(30)24-14-8-10-16-28(24)32;;/h7-10,13-15,19-20,28-30H,3-6,11-12,16-18H2,1-2H3;2*1H. The van der Waals surface area contributed by atoms with Crippen LogP contribution in [-0.4, -0.2) is 22.9 Å². The van der Waals surface area contributed by atoms with Gasteiger partial charge in [0.25, 0.3) is 0 Å². The van der Waals surface area contributed by atoms with E-state index in [1.165, 1.54) is 61.0 Å². The van der Waals surface area contributed by atoms with Crippen molar-refractivity contribution < 1.29 is 57.1 Å². The van der Waals surface area contributed by atoms with Gasteiger partial charge in [-0.3, -0.25) is 0 Å². The van der Waals surface area contributed by atoms with E-state index in [0.717, 1.165) is 36.3 Å². The van der Waals surface area contributed by atoms with Gasteiger partial charge in [-0.25, -0.2) is 4.58 Å². The molecule has 0 radical (unpaired) electrons. The predicted octanol–water partition coefficient (Wildman–Crippen LogP) is -1.05. The zero-order valence-electron chi connectivity index (χ0n) is 20.4. The van der Waals surface area contributed by atoms with Crippen molar-refractivity contribution in [2.45, 2.75) is 71.4 Å². The molecular weight excluding hydrogens is 646 g/mol. The van der Waals surface area contributed by atoms with Crippen LogP contribution >= 0.6 is 0 Å². The lowest BCUT2D eigenvalue weighted by atomic mass is 9.92. The molecule has 0 fully saturated rings. The van der Waals surface area contributed by atoms with Gasteiger partial charge in [0, 0.05) is 62.6 Å². The Morgan fingerprint density at radius 3 is 2.35 bits per heavy atom. The van der Waals surface area contributed by atoms with E-state index in [4.69, 9.17) is 11.5 Å². The number of halogens is 2. The second kappa shape index (κ2) is 13.6. The smallest absolute Gasteiger partial charge is 0.214 e. The van der Waals surface area contributed by atoms with Gasteiger partial charge < -0.3 is 59.4 Å². The second-order valence-electron chi connectivity index (χ2n) is 9.27. The number of nitrogen functional groups attached to an aromatic ring is 1. The van der Waals surface area contributed by atoms with Crippen molar-refractivity contribution in [1.29, 1.82) is 0 Å². The Morgan fingerprint density at radius 1 is 0.912 bits per heavy atom. The zero-order chi connectivity index (χ0) is 22.5. The molecule has 1 aromatic heterocycles. The fraction of sp³-hybridized carbons (Fsp3) is 0.429. The van der Waals surface area contributed by atoms with E-state index in [9.17, 15) is 0 Å². The molecule has 2 heterocycles. The molecule has 4 rings (SSSR count). The summed E-state index contributed by atoms with van der Waals surface area (Å²) in [6, 6.07) is 11.0. The number of unbranched alkanes of at least 4 members (excludes halogenated alkanes) is 5. The van der Waals surface area contributed by atoms with Crippen LogP contribution in [0.2, 0.25) is 0 Å². The van der Waals surface area contributed by atoms with Gasteiger partial charge in [-0.15, -0.1) is 0 Å². The number of rotatable bonds is 9. The molecule has 1 atom stereocenters. The minimum atomic E-state index is 0. The Hall–Kier alpha value is -1.42. The van der Waals surface area contributed by atoms with Crippen molar-refractivity contribution in [1.82, 2.24) is 0 Å². The molecule has 0 amide bonds. The van der Waals surface area contributed by atoms with Gasteiger partial charge >= 0.3 is 0 Å². The lowest BCUT2D eigenvalue weighted by Crippen LogP contribution is -3.00. The van der Waals surface area contributed by atoms with Gasteiger partial charge in [0.1, 0.15) is 13.1 Å². The van der Waals surface area contributed by atoms with Crippen molar-refractivity contribution in [3.8, 4) is 0 Å². The van der Waals surface area contributed by atoms with Crippen molar-refractivity contribution in [3.05, 3.63) is 71.6 Å². The van der Waals surface area contributed by atoms with Crippen LogP contribution in [0.4, 0.5) is 5.69 Å². The third-order valence-corrected chi connectivity index (χ3v) is 6.98. The molecule has 1 aliphatic heterocycles. The van der Waals surface area contributed by atoms with Crippen LogP contribution in [0, 0.1) is 6.92 Å². The maximum Gasteiger partial charge on any atom is 0.214 e. The molecule has 4 N–H and O–H groups in total. The third kappa shape index (κ3) is 6.62. The van der Waals surface area contributed by atoms with E-state index < -0.39 is 0 Å². The van der Waals surface area contributed by atoms with Crippen molar-refractivity contribution in [2.75, 3.05) is 12.3 Å². The first kappa shape index (κ1) is 28.8. The van der Waals surface area contributed by atoms with Crippen molar-refractivity contribution in [3.63, 3.8) is 0 Å². The number of fused-ring (bicyclic) bond motifs is 2. The number of hydrogen-bond donors (Lipinski definition) is 2. The summed E-state index contributed by atoms with van der Waals surface area (Å²) in [5, 5.41) is 1.16. The van der Waals surface area contributed by atoms with Crippen LogP contribution < -0.4 is 64.0 Å². The highest BCUT2D eigenvalue weighted by Crippen LogP contribution is 2.25. The number of anilines is 1. The molecule has 0 saturated carbocycles. The molecule has 0 bridgehead atoms. The van der Waals surface area contributed by atoms with Gasteiger partial charge in [0.2, 0.25) is 5.52 Å². The molecule has 1 unspecified atom stereocenters. The molecule has 1 aliphatic carbocycles. The topological polar surface area (TPSA) is 58.9 Å². The minimum absolute atomic E-state index is 0. The summed E-state index contributed by atoms with van der Waals surface area (Å²) in [7, 11) is 0. The van der Waals surface area contributed by atoms with Crippen LogP contribution in [-0.2, 0) is 6.54 Å². The average Bonchev–Trinajstić information content (AvgIpc) is 2.79. The van der Waals surface area contributed by atoms with E-state index >= 15 is 0 Å². The molecule has 4 nitrogen and oxygen atoms in total. The maximum atomic E-state index is 6.26. The highest BCUT2D eigenvalue weighted by Gasteiger charge is 2.32. The number of nitrogens with two attached hydrogens (primary N) is 2. The quantitative estimate of drug-likeness (QED) is 0.202. The van der Waals surface area contributed by atoms with Gasteiger partial charge in [-0.2, -0.15) is 4.57 Å². The number of hydrogen-bond acceptors (Lipinski definition) is 2. The number of benzene rings is 1. The lowest BCUT2D eigenvalue weighted by Gasteiger charge is -2.25.